The zero-order valence-electron chi connectivity index (χ0n) is 14.9. The van der Waals surface area contributed by atoms with Crippen LogP contribution < -0.4 is 15.4 Å². The number of fused-ring (bicyclic) bond motifs is 1. The predicted molar refractivity (Wildman–Crippen MR) is 93.1 cm³/mol. The Labute approximate surface area is 144 Å². The molecule has 1 aromatic carbocycles. The SMILES string of the molecule is CNC(=O)C(C)(C)CN[C@H]1CC2(CCOCC2)Oc2ccccc21. The zero-order chi connectivity index (χ0) is 17.2. The number of para-hydroxylation sites is 1. The molecular weight excluding hydrogens is 304 g/mol. The van der Waals surface area contributed by atoms with E-state index in [-0.39, 0.29) is 17.6 Å². The number of carbonyl (C=O) groups is 1. The topological polar surface area (TPSA) is 59.6 Å². The first-order valence-corrected chi connectivity index (χ1v) is 8.77. The Bertz CT molecular complexity index is 594. The fourth-order valence-corrected chi connectivity index (χ4v) is 3.65. The Morgan fingerprint density at radius 3 is 2.71 bits per heavy atom. The van der Waals surface area contributed by atoms with Crippen LogP contribution in [0.4, 0.5) is 0 Å². The summed E-state index contributed by atoms with van der Waals surface area (Å²) in [4.78, 5) is 12.1. The van der Waals surface area contributed by atoms with E-state index < -0.39 is 5.41 Å². The quantitative estimate of drug-likeness (QED) is 0.889. The van der Waals surface area contributed by atoms with Crippen LogP contribution in [0.2, 0.25) is 0 Å². The lowest BCUT2D eigenvalue weighted by molar-refractivity contribution is -0.128. The summed E-state index contributed by atoms with van der Waals surface area (Å²) < 4.78 is 11.9. The minimum absolute atomic E-state index is 0.0520. The van der Waals surface area contributed by atoms with E-state index in [0.29, 0.717) is 6.54 Å². The van der Waals surface area contributed by atoms with Crippen LogP contribution in [0.3, 0.4) is 0 Å². The van der Waals surface area contributed by atoms with E-state index >= 15 is 0 Å². The fraction of sp³-hybridized carbons (Fsp3) is 0.632. The molecule has 1 amide bonds. The van der Waals surface area contributed by atoms with Gasteiger partial charge in [-0.2, -0.15) is 0 Å². The number of ether oxygens (including phenoxy) is 2. The summed E-state index contributed by atoms with van der Waals surface area (Å²) >= 11 is 0. The molecule has 0 unspecified atom stereocenters. The highest BCUT2D eigenvalue weighted by molar-refractivity contribution is 5.81. The molecule has 2 aliphatic heterocycles. The molecule has 24 heavy (non-hydrogen) atoms. The molecule has 1 atom stereocenters. The molecule has 1 spiro atoms. The Morgan fingerprint density at radius 2 is 2.00 bits per heavy atom. The van der Waals surface area contributed by atoms with Crippen molar-refractivity contribution in [3.63, 3.8) is 0 Å². The molecule has 1 fully saturated rings. The number of hydrogen-bond acceptors (Lipinski definition) is 4. The van der Waals surface area contributed by atoms with Gasteiger partial charge in [0.2, 0.25) is 5.91 Å². The molecule has 0 radical (unpaired) electrons. The molecule has 132 valence electrons. The summed E-state index contributed by atoms with van der Waals surface area (Å²) in [5.74, 6) is 1.01. The summed E-state index contributed by atoms with van der Waals surface area (Å²) in [5.41, 5.74) is 0.578. The van der Waals surface area contributed by atoms with Crippen LogP contribution >= 0.6 is 0 Å². The molecule has 2 N–H and O–H groups in total. The van der Waals surface area contributed by atoms with Gasteiger partial charge in [0.1, 0.15) is 11.4 Å². The van der Waals surface area contributed by atoms with Crippen molar-refractivity contribution in [2.45, 2.75) is 44.8 Å². The second kappa shape index (κ2) is 6.73. The van der Waals surface area contributed by atoms with Gasteiger partial charge in [0, 0.05) is 44.5 Å². The van der Waals surface area contributed by atoms with E-state index in [1.165, 1.54) is 5.56 Å². The Balaban J connectivity index is 1.79. The number of rotatable bonds is 4. The summed E-state index contributed by atoms with van der Waals surface area (Å²) in [6.45, 7) is 6.05. The van der Waals surface area contributed by atoms with Crippen LogP contribution in [0.15, 0.2) is 24.3 Å². The van der Waals surface area contributed by atoms with Crippen molar-refractivity contribution in [3.8, 4) is 5.75 Å². The number of nitrogens with one attached hydrogen (secondary N) is 2. The van der Waals surface area contributed by atoms with Gasteiger partial charge in [-0.15, -0.1) is 0 Å². The van der Waals surface area contributed by atoms with Crippen molar-refractivity contribution in [1.82, 2.24) is 10.6 Å². The number of carbonyl (C=O) groups excluding carboxylic acids is 1. The lowest BCUT2D eigenvalue weighted by atomic mass is 9.81. The summed E-state index contributed by atoms with van der Waals surface area (Å²) in [5, 5.41) is 6.37. The van der Waals surface area contributed by atoms with Gasteiger partial charge in [-0.05, 0) is 19.9 Å². The lowest BCUT2D eigenvalue weighted by Gasteiger charge is -2.45. The van der Waals surface area contributed by atoms with Gasteiger partial charge < -0.3 is 20.1 Å². The van der Waals surface area contributed by atoms with Crippen molar-refractivity contribution in [3.05, 3.63) is 29.8 Å². The number of amides is 1. The summed E-state index contributed by atoms with van der Waals surface area (Å²) in [6, 6.07) is 8.42. The molecule has 2 heterocycles. The average molecular weight is 332 g/mol. The standard InChI is InChI=1S/C19H28N2O3/c1-18(2,17(22)20-3)13-21-15-12-19(8-10-23-11-9-19)24-16-7-5-4-6-14(15)16/h4-7,15,21H,8-13H2,1-3H3,(H,20,22)/t15-/m0/s1. The molecule has 1 aromatic rings. The molecule has 0 bridgehead atoms. The van der Waals surface area contributed by atoms with Gasteiger partial charge in [-0.25, -0.2) is 0 Å². The highest BCUT2D eigenvalue weighted by atomic mass is 16.5. The van der Waals surface area contributed by atoms with Crippen molar-refractivity contribution < 1.29 is 14.3 Å². The first-order valence-electron chi connectivity index (χ1n) is 8.77. The van der Waals surface area contributed by atoms with Gasteiger partial charge in [-0.3, -0.25) is 4.79 Å². The van der Waals surface area contributed by atoms with Crippen LogP contribution in [0.1, 0.15) is 44.7 Å². The van der Waals surface area contributed by atoms with E-state index in [1.807, 2.05) is 32.0 Å². The van der Waals surface area contributed by atoms with Crippen molar-refractivity contribution in [1.29, 1.82) is 0 Å². The van der Waals surface area contributed by atoms with Gasteiger partial charge in [-0.1, -0.05) is 18.2 Å². The normalized spacial score (nSPS) is 22.5. The average Bonchev–Trinajstić information content (AvgIpc) is 2.59. The molecule has 0 aliphatic carbocycles. The van der Waals surface area contributed by atoms with Gasteiger partial charge in [0.15, 0.2) is 0 Å². The molecule has 0 saturated carbocycles. The third kappa shape index (κ3) is 3.42. The van der Waals surface area contributed by atoms with Crippen LogP contribution in [-0.2, 0) is 9.53 Å². The van der Waals surface area contributed by atoms with Gasteiger partial charge in [0.05, 0.1) is 18.6 Å². The molecule has 1 saturated heterocycles. The smallest absolute Gasteiger partial charge is 0.226 e. The summed E-state index contributed by atoms with van der Waals surface area (Å²) in [7, 11) is 1.69. The van der Waals surface area contributed by atoms with Gasteiger partial charge in [0.25, 0.3) is 0 Å². The van der Waals surface area contributed by atoms with Crippen LogP contribution in [-0.4, -0.2) is 38.3 Å². The maximum absolute atomic E-state index is 12.1. The molecular formula is C19H28N2O3. The first kappa shape index (κ1) is 17.2. The molecule has 0 aromatic heterocycles. The first-order chi connectivity index (χ1) is 11.5. The van der Waals surface area contributed by atoms with E-state index in [0.717, 1.165) is 38.2 Å². The second-order valence-electron chi connectivity index (χ2n) is 7.54. The maximum atomic E-state index is 12.1. The fourth-order valence-electron chi connectivity index (χ4n) is 3.65. The molecule has 5 heteroatoms. The largest absolute Gasteiger partial charge is 0.487 e. The molecule has 2 aliphatic rings. The highest BCUT2D eigenvalue weighted by Crippen LogP contribution is 2.44. The Kier molecular flexibility index (Phi) is 4.83. The number of benzene rings is 1. The Hall–Kier alpha value is -1.59. The maximum Gasteiger partial charge on any atom is 0.226 e. The van der Waals surface area contributed by atoms with Crippen molar-refractivity contribution in [2.24, 2.45) is 5.41 Å². The van der Waals surface area contributed by atoms with E-state index in [4.69, 9.17) is 9.47 Å². The molecule has 5 nitrogen and oxygen atoms in total. The van der Waals surface area contributed by atoms with E-state index in [1.54, 1.807) is 7.05 Å². The monoisotopic (exact) mass is 332 g/mol. The van der Waals surface area contributed by atoms with Crippen molar-refractivity contribution >= 4 is 5.91 Å². The third-order valence-corrected chi connectivity index (χ3v) is 5.23. The minimum Gasteiger partial charge on any atom is -0.487 e. The third-order valence-electron chi connectivity index (χ3n) is 5.23. The summed E-state index contributed by atoms with van der Waals surface area (Å²) in [6.07, 6.45) is 2.74. The number of hydrogen-bond donors (Lipinski definition) is 2. The highest BCUT2D eigenvalue weighted by Gasteiger charge is 2.42. The van der Waals surface area contributed by atoms with Crippen molar-refractivity contribution in [2.75, 3.05) is 26.8 Å². The second-order valence-corrected chi connectivity index (χ2v) is 7.54. The van der Waals surface area contributed by atoms with Gasteiger partial charge >= 0.3 is 0 Å². The minimum atomic E-state index is -0.454. The zero-order valence-corrected chi connectivity index (χ0v) is 14.9. The molecule has 3 rings (SSSR count). The predicted octanol–water partition coefficient (Wildman–Crippen LogP) is 2.42. The van der Waals surface area contributed by atoms with E-state index in [9.17, 15) is 4.79 Å². The van der Waals surface area contributed by atoms with Crippen LogP contribution in [0.5, 0.6) is 5.75 Å². The van der Waals surface area contributed by atoms with Crippen LogP contribution in [0.25, 0.3) is 0 Å². The van der Waals surface area contributed by atoms with Crippen LogP contribution in [0, 0.1) is 5.41 Å². The lowest BCUT2D eigenvalue weighted by Crippen LogP contribution is -2.50. The Morgan fingerprint density at radius 1 is 1.29 bits per heavy atom. The van der Waals surface area contributed by atoms with E-state index in [2.05, 4.69) is 16.7 Å².